The minimum absolute atomic E-state index is 0.0417. The monoisotopic (exact) mass is 174 g/mol. The molecule has 0 fully saturated rings. The fourth-order valence-electron chi connectivity index (χ4n) is 0.500. The van der Waals surface area contributed by atoms with Crippen molar-refractivity contribution in [1.82, 2.24) is 0 Å². The number of unbranched alkanes of at least 4 members (excludes halogenated alkanes) is 3. The Morgan fingerprint density at radius 3 is 1.25 bits per heavy atom. The highest BCUT2D eigenvalue weighted by Crippen LogP contribution is 2.02. The number of ether oxygens (including phenoxy) is 1. The summed E-state index contributed by atoms with van der Waals surface area (Å²) in [5.41, 5.74) is 0.0417. The zero-order chi connectivity index (χ0) is 10.0. The van der Waals surface area contributed by atoms with Crippen LogP contribution < -0.4 is 0 Å². The van der Waals surface area contributed by atoms with Crippen molar-refractivity contribution in [2.75, 3.05) is 7.11 Å². The normalized spacial score (nSPS) is 10.5. The lowest BCUT2D eigenvalue weighted by atomic mass is 10.2. The Morgan fingerprint density at radius 2 is 1.17 bits per heavy atom. The molecule has 1 heteroatoms. The van der Waals surface area contributed by atoms with Gasteiger partial charge in [-0.1, -0.05) is 39.5 Å². The summed E-state index contributed by atoms with van der Waals surface area (Å²) in [6.07, 6.45) is 5.54. The topological polar surface area (TPSA) is 9.23 Å². The summed E-state index contributed by atoms with van der Waals surface area (Å²) in [6, 6.07) is 0. The first kappa shape index (κ1) is 14.5. The highest BCUT2D eigenvalue weighted by molar-refractivity contribution is 4.55. The SMILES string of the molecule is CCCCCC.COC(C)(C)C. The van der Waals surface area contributed by atoms with E-state index in [1.54, 1.807) is 7.11 Å². The Balaban J connectivity index is 0. The lowest BCUT2D eigenvalue weighted by Gasteiger charge is -2.14. The molecular formula is C11H26O. The van der Waals surface area contributed by atoms with Gasteiger partial charge in [0.2, 0.25) is 0 Å². The van der Waals surface area contributed by atoms with Crippen molar-refractivity contribution in [1.29, 1.82) is 0 Å². The summed E-state index contributed by atoms with van der Waals surface area (Å²) in [5.74, 6) is 0. The minimum Gasteiger partial charge on any atom is -0.379 e. The molecule has 1 nitrogen and oxygen atoms in total. The van der Waals surface area contributed by atoms with Gasteiger partial charge in [-0.15, -0.1) is 0 Å². The third kappa shape index (κ3) is 22.5. The standard InChI is InChI=1S/C6H14.C5H12O/c1-3-5-6-4-2;1-5(2,3)6-4/h3-6H2,1-2H3;1-4H3. The quantitative estimate of drug-likeness (QED) is 0.587. The van der Waals surface area contributed by atoms with Gasteiger partial charge in [-0.05, 0) is 20.8 Å². The number of rotatable bonds is 3. The predicted molar refractivity (Wildman–Crippen MR) is 56.6 cm³/mol. The highest BCUT2D eigenvalue weighted by atomic mass is 16.5. The Kier molecular flexibility index (Phi) is 10.9. The molecule has 0 rings (SSSR count). The second kappa shape index (κ2) is 9.05. The molecule has 0 amide bonds. The van der Waals surface area contributed by atoms with Gasteiger partial charge in [0.1, 0.15) is 0 Å². The smallest absolute Gasteiger partial charge is 0.0594 e. The maximum atomic E-state index is 4.94. The zero-order valence-electron chi connectivity index (χ0n) is 9.74. The third-order valence-electron chi connectivity index (χ3n) is 1.57. The van der Waals surface area contributed by atoms with Gasteiger partial charge in [-0.3, -0.25) is 0 Å². The van der Waals surface area contributed by atoms with Gasteiger partial charge in [0, 0.05) is 7.11 Å². The van der Waals surface area contributed by atoms with Crippen LogP contribution in [0.5, 0.6) is 0 Å². The average Bonchev–Trinajstić information content (AvgIpc) is 2.01. The van der Waals surface area contributed by atoms with Crippen LogP contribution in [0.25, 0.3) is 0 Å². The molecule has 0 saturated carbocycles. The maximum absolute atomic E-state index is 4.94. The highest BCUT2D eigenvalue weighted by Gasteiger charge is 2.03. The Bertz CT molecular complexity index is 67.6. The molecule has 0 unspecified atom stereocenters. The molecule has 0 N–H and O–H groups in total. The minimum atomic E-state index is 0.0417. The van der Waals surface area contributed by atoms with Crippen molar-refractivity contribution in [2.45, 2.75) is 65.9 Å². The molecule has 0 saturated heterocycles. The maximum Gasteiger partial charge on any atom is 0.0594 e. The molecule has 0 atom stereocenters. The molecule has 0 aromatic rings. The van der Waals surface area contributed by atoms with E-state index in [4.69, 9.17) is 4.74 Å². The predicted octanol–water partition coefficient (Wildman–Crippen LogP) is 4.02. The van der Waals surface area contributed by atoms with Gasteiger partial charge < -0.3 is 4.74 Å². The van der Waals surface area contributed by atoms with Crippen LogP contribution >= 0.6 is 0 Å². The van der Waals surface area contributed by atoms with Gasteiger partial charge in [0.05, 0.1) is 5.60 Å². The van der Waals surface area contributed by atoms with E-state index in [1.807, 2.05) is 20.8 Å². The van der Waals surface area contributed by atoms with E-state index < -0.39 is 0 Å². The van der Waals surface area contributed by atoms with E-state index in [0.717, 1.165) is 0 Å². The number of hydrogen-bond donors (Lipinski definition) is 0. The van der Waals surface area contributed by atoms with Gasteiger partial charge >= 0.3 is 0 Å². The van der Waals surface area contributed by atoms with Gasteiger partial charge in [-0.25, -0.2) is 0 Å². The second-order valence-electron chi connectivity index (χ2n) is 4.02. The van der Waals surface area contributed by atoms with Crippen molar-refractivity contribution < 1.29 is 4.74 Å². The van der Waals surface area contributed by atoms with Crippen LogP contribution in [0.1, 0.15) is 60.3 Å². The summed E-state index contributed by atoms with van der Waals surface area (Å²) >= 11 is 0. The van der Waals surface area contributed by atoms with Crippen LogP contribution in [0.3, 0.4) is 0 Å². The van der Waals surface area contributed by atoms with E-state index in [1.165, 1.54) is 25.7 Å². The molecule has 0 bridgehead atoms. The van der Waals surface area contributed by atoms with E-state index in [9.17, 15) is 0 Å². The number of methoxy groups -OCH3 is 1. The molecule has 12 heavy (non-hydrogen) atoms. The van der Waals surface area contributed by atoms with Crippen LogP contribution in [0.4, 0.5) is 0 Å². The third-order valence-corrected chi connectivity index (χ3v) is 1.57. The van der Waals surface area contributed by atoms with E-state index >= 15 is 0 Å². The second-order valence-corrected chi connectivity index (χ2v) is 4.02. The van der Waals surface area contributed by atoms with Crippen LogP contribution in [0.2, 0.25) is 0 Å². The first-order valence-electron chi connectivity index (χ1n) is 5.03. The summed E-state index contributed by atoms with van der Waals surface area (Å²) in [5, 5.41) is 0. The summed E-state index contributed by atoms with van der Waals surface area (Å²) < 4.78 is 4.94. The van der Waals surface area contributed by atoms with E-state index in [-0.39, 0.29) is 5.60 Å². The van der Waals surface area contributed by atoms with Gasteiger partial charge in [-0.2, -0.15) is 0 Å². The van der Waals surface area contributed by atoms with Crippen LogP contribution in [-0.2, 0) is 4.74 Å². The molecule has 0 spiro atoms. The Labute approximate surface area is 78.5 Å². The lowest BCUT2D eigenvalue weighted by Crippen LogP contribution is -2.15. The van der Waals surface area contributed by atoms with Crippen molar-refractivity contribution >= 4 is 0 Å². The molecule has 0 radical (unpaired) electrons. The van der Waals surface area contributed by atoms with Crippen LogP contribution in [0, 0.1) is 0 Å². The van der Waals surface area contributed by atoms with Crippen LogP contribution in [0.15, 0.2) is 0 Å². The Hall–Kier alpha value is -0.0400. The average molecular weight is 174 g/mol. The largest absolute Gasteiger partial charge is 0.379 e. The summed E-state index contributed by atoms with van der Waals surface area (Å²) in [4.78, 5) is 0. The first-order chi connectivity index (χ1) is 5.47. The van der Waals surface area contributed by atoms with Crippen molar-refractivity contribution in [3.8, 4) is 0 Å². The molecule has 0 aliphatic heterocycles. The summed E-state index contributed by atoms with van der Waals surface area (Å²) in [7, 11) is 1.71. The molecular weight excluding hydrogens is 148 g/mol. The van der Waals surface area contributed by atoms with E-state index in [2.05, 4.69) is 13.8 Å². The van der Waals surface area contributed by atoms with E-state index in [0.29, 0.717) is 0 Å². The molecule has 0 aliphatic carbocycles. The molecule has 0 aromatic carbocycles. The van der Waals surface area contributed by atoms with Gasteiger partial charge in [0.25, 0.3) is 0 Å². The van der Waals surface area contributed by atoms with Gasteiger partial charge in [0.15, 0.2) is 0 Å². The zero-order valence-corrected chi connectivity index (χ0v) is 9.74. The molecule has 0 aliphatic rings. The van der Waals surface area contributed by atoms with Crippen molar-refractivity contribution in [3.05, 3.63) is 0 Å². The Morgan fingerprint density at radius 1 is 0.917 bits per heavy atom. The van der Waals surface area contributed by atoms with Crippen LogP contribution in [-0.4, -0.2) is 12.7 Å². The van der Waals surface area contributed by atoms with Crippen molar-refractivity contribution in [3.63, 3.8) is 0 Å². The fourth-order valence-corrected chi connectivity index (χ4v) is 0.500. The molecule has 0 aromatic heterocycles. The van der Waals surface area contributed by atoms with Crippen molar-refractivity contribution in [2.24, 2.45) is 0 Å². The number of hydrogen-bond acceptors (Lipinski definition) is 1. The molecule has 0 heterocycles. The fraction of sp³-hybridized carbons (Fsp3) is 1.00. The molecule has 76 valence electrons. The first-order valence-corrected chi connectivity index (χ1v) is 5.03. The summed E-state index contributed by atoms with van der Waals surface area (Å²) in [6.45, 7) is 10.5. The lowest BCUT2D eigenvalue weighted by molar-refractivity contribution is 0.0397.